The molecular weight excluding hydrogens is 294 g/mol. The first-order valence-electron chi connectivity index (χ1n) is 6.37. The molecule has 3 N–H and O–H groups in total. The van der Waals surface area contributed by atoms with Crippen molar-refractivity contribution in [1.82, 2.24) is 9.71 Å². The third kappa shape index (κ3) is 3.81. The van der Waals surface area contributed by atoms with Gasteiger partial charge in [-0.3, -0.25) is 0 Å². The first kappa shape index (κ1) is 15.5. The molecule has 8 heteroatoms. The molecular formula is C13H17N3O4S. The summed E-state index contributed by atoms with van der Waals surface area (Å²) in [4.78, 5) is 4.16. The van der Waals surface area contributed by atoms with E-state index in [4.69, 9.17) is 9.52 Å². The minimum absolute atomic E-state index is 0.00934. The van der Waals surface area contributed by atoms with Crippen molar-refractivity contribution in [2.24, 2.45) is 0 Å². The van der Waals surface area contributed by atoms with Crippen LogP contribution in [0, 0.1) is 0 Å². The van der Waals surface area contributed by atoms with E-state index in [9.17, 15) is 8.42 Å². The fourth-order valence-electron chi connectivity index (χ4n) is 1.83. The number of aliphatic hydroxyl groups excluding tert-OH is 1. The molecule has 2 aromatic heterocycles. The first-order valence-corrected chi connectivity index (χ1v) is 7.85. The number of nitrogens with zero attached hydrogens (tertiary/aromatic N) is 1. The van der Waals surface area contributed by atoms with Crippen LogP contribution in [0.25, 0.3) is 0 Å². The summed E-state index contributed by atoms with van der Waals surface area (Å²) in [5, 5.41) is 12.2. The number of aliphatic hydroxyl groups is 1. The fourth-order valence-corrected chi connectivity index (χ4v) is 2.50. The van der Waals surface area contributed by atoms with Gasteiger partial charge in [-0.1, -0.05) is 0 Å². The molecule has 7 nitrogen and oxygen atoms in total. The Balaban J connectivity index is 2.15. The molecule has 21 heavy (non-hydrogen) atoms. The van der Waals surface area contributed by atoms with E-state index in [1.165, 1.54) is 19.3 Å². The molecule has 2 heterocycles. The monoisotopic (exact) mass is 311 g/mol. The highest BCUT2D eigenvalue weighted by atomic mass is 32.2. The Labute approximate surface area is 123 Å². The van der Waals surface area contributed by atoms with Gasteiger partial charge in [0.15, 0.2) is 0 Å². The summed E-state index contributed by atoms with van der Waals surface area (Å²) >= 11 is 0. The van der Waals surface area contributed by atoms with E-state index in [1.807, 2.05) is 0 Å². The van der Waals surface area contributed by atoms with Gasteiger partial charge in [-0.15, -0.1) is 0 Å². The van der Waals surface area contributed by atoms with Gasteiger partial charge in [0, 0.05) is 12.8 Å². The van der Waals surface area contributed by atoms with E-state index in [0.29, 0.717) is 18.0 Å². The molecule has 0 spiro atoms. The second-order valence-electron chi connectivity index (χ2n) is 4.31. The average Bonchev–Trinajstić information content (AvgIpc) is 3.01. The lowest BCUT2D eigenvalue weighted by atomic mass is 10.1. The van der Waals surface area contributed by atoms with Crippen molar-refractivity contribution in [2.75, 3.05) is 19.0 Å². The van der Waals surface area contributed by atoms with E-state index in [0.717, 1.165) is 0 Å². The maximum Gasteiger partial charge on any atom is 0.241 e. The largest absolute Gasteiger partial charge is 0.467 e. The number of hydrogen-bond acceptors (Lipinski definition) is 6. The highest BCUT2D eigenvalue weighted by Crippen LogP contribution is 2.22. The summed E-state index contributed by atoms with van der Waals surface area (Å²) in [6.45, 7) is -0.00934. The van der Waals surface area contributed by atoms with Crippen molar-refractivity contribution in [2.45, 2.75) is 17.4 Å². The maximum atomic E-state index is 11.6. The van der Waals surface area contributed by atoms with E-state index in [-0.39, 0.29) is 17.5 Å². The molecule has 1 unspecified atom stereocenters. The Morgan fingerprint density at radius 1 is 1.38 bits per heavy atom. The summed E-state index contributed by atoms with van der Waals surface area (Å²) in [6.07, 6.45) is 3.27. The van der Waals surface area contributed by atoms with Crippen molar-refractivity contribution in [3.8, 4) is 0 Å². The lowest BCUT2D eigenvalue weighted by Crippen LogP contribution is -2.19. The van der Waals surface area contributed by atoms with Crippen LogP contribution in [0.5, 0.6) is 0 Å². The minimum atomic E-state index is -3.50. The predicted molar refractivity (Wildman–Crippen MR) is 77.3 cm³/mol. The highest BCUT2D eigenvalue weighted by Gasteiger charge is 2.15. The number of pyridine rings is 1. The molecule has 0 aliphatic rings. The first-order chi connectivity index (χ1) is 10.1. The molecule has 0 aromatic carbocycles. The Hall–Kier alpha value is -1.90. The van der Waals surface area contributed by atoms with Gasteiger partial charge in [-0.25, -0.2) is 18.1 Å². The molecule has 2 aromatic rings. The number of aromatic nitrogens is 1. The van der Waals surface area contributed by atoms with Gasteiger partial charge < -0.3 is 14.8 Å². The molecule has 0 aliphatic heterocycles. The standard InChI is InChI=1S/C13H17N3O4S/c1-14-21(18,19)10-4-5-13(15-9-10)16-11(6-7-17)12-3-2-8-20-12/h2-5,8-9,11,14,17H,6-7H2,1H3,(H,15,16). The number of hydrogen-bond donors (Lipinski definition) is 3. The zero-order valence-electron chi connectivity index (χ0n) is 11.5. The van der Waals surface area contributed by atoms with Crippen LogP contribution >= 0.6 is 0 Å². The van der Waals surface area contributed by atoms with Crippen LogP contribution in [0.1, 0.15) is 18.2 Å². The topological polar surface area (TPSA) is 104 Å². The molecule has 0 radical (unpaired) electrons. The van der Waals surface area contributed by atoms with Crippen molar-refractivity contribution < 1.29 is 17.9 Å². The van der Waals surface area contributed by atoms with Crippen molar-refractivity contribution >= 4 is 15.8 Å². The Morgan fingerprint density at radius 3 is 2.71 bits per heavy atom. The van der Waals surface area contributed by atoms with Gasteiger partial charge in [0.25, 0.3) is 0 Å². The van der Waals surface area contributed by atoms with Gasteiger partial charge in [0.05, 0.1) is 12.3 Å². The fraction of sp³-hybridized carbons (Fsp3) is 0.308. The number of anilines is 1. The summed E-state index contributed by atoms with van der Waals surface area (Å²) in [5.41, 5.74) is 0. The molecule has 0 fully saturated rings. The number of furan rings is 1. The molecule has 0 saturated carbocycles. The van der Waals surface area contributed by atoms with Crippen LogP contribution in [0.3, 0.4) is 0 Å². The molecule has 0 amide bonds. The molecule has 114 valence electrons. The molecule has 0 saturated heterocycles. The second kappa shape index (κ2) is 6.70. The van der Waals surface area contributed by atoms with Gasteiger partial charge in [0.2, 0.25) is 10.0 Å². The molecule has 0 aliphatic carbocycles. The lowest BCUT2D eigenvalue weighted by Gasteiger charge is -2.16. The molecule has 0 bridgehead atoms. The van der Waals surface area contributed by atoms with Gasteiger partial charge in [-0.2, -0.15) is 0 Å². The lowest BCUT2D eigenvalue weighted by molar-refractivity contribution is 0.273. The van der Waals surface area contributed by atoms with E-state index < -0.39 is 10.0 Å². The normalized spacial score (nSPS) is 13.0. The number of rotatable bonds is 7. The molecule has 1 atom stereocenters. The summed E-state index contributed by atoms with van der Waals surface area (Å²) in [5.74, 6) is 1.18. The quantitative estimate of drug-likeness (QED) is 0.708. The van der Waals surface area contributed by atoms with Gasteiger partial charge in [0.1, 0.15) is 16.5 Å². The van der Waals surface area contributed by atoms with Crippen LogP contribution in [0.4, 0.5) is 5.82 Å². The third-order valence-corrected chi connectivity index (χ3v) is 4.34. The van der Waals surface area contributed by atoms with E-state index in [2.05, 4.69) is 15.0 Å². The van der Waals surface area contributed by atoms with Gasteiger partial charge in [-0.05, 0) is 37.7 Å². The van der Waals surface area contributed by atoms with Crippen LogP contribution < -0.4 is 10.0 Å². The van der Waals surface area contributed by atoms with Crippen molar-refractivity contribution in [1.29, 1.82) is 0 Å². The third-order valence-electron chi connectivity index (χ3n) is 2.94. The van der Waals surface area contributed by atoms with Crippen molar-refractivity contribution in [3.63, 3.8) is 0 Å². The van der Waals surface area contributed by atoms with Crippen molar-refractivity contribution in [3.05, 3.63) is 42.5 Å². The zero-order chi connectivity index (χ0) is 15.3. The Morgan fingerprint density at radius 2 is 2.19 bits per heavy atom. The SMILES string of the molecule is CNS(=O)(=O)c1ccc(NC(CCO)c2ccco2)nc1. The second-order valence-corrected chi connectivity index (χ2v) is 6.20. The number of sulfonamides is 1. The smallest absolute Gasteiger partial charge is 0.241 e. The van der Waals surface area contributed by atoms with Crippen LogP contribution in [-0.2, 0) is 10.0 Å². The highest BCUT2D eigenvalue weighted by molar-refractivity contribution is 7.89. The molecule has 2 rings (SSSR count). The predicted octanol–water partition coefficient (Wildman–Crippen LogP) is 1.12. The summed E-state index contributed by atoms with van der Waals surface area (Å²) in [6, 6.07) is 6.35. The average molecular weight is 311 g/mol. The van der Waals surface area contributed by atoms with E-state index in [1.54, 1.807) is 24.5 Å². The Bertz CT molecular complexity index is 653. The minimum Gasteiger partial charge on any atom is -0.467 e. The van der Waals surface area contributed by atoms with Crippen LogP contribution in [0.2, 0.25) is 0 Å². The zero-order valence-corrected chi connectivity index (χ0v) is 12.3. The van der Waals surface area contributed by atoms with Crippen LogP contribution in [0.15, 0.2) is 46.0 Å². The number of nitrogens with one attached hydrogen (secondary N) is 2. The van der Waals surface area contributed by atoms with Crippen LogP contribution in [-0.4, -0.2) is 32.2 Å². The van der Waals surface area contributed by atoms with E-state index >= 15 is 0 Å². The summed E-state index contributed by atoms with van der Waals surface area (Å²) < 4.78 is 30.7. The summed E-state index contributed by atoms with van der Waals surface area (Å²) in [7, 11) is -2.15. The maximum absolute atomic E-state index is 11.6. The Kier molecular flexibility index (Phi) is 4.94. The van der Waals surface area contributed by atoms with Gasteiger partial charge >= 0.3 is 0 Å².